The lowest BCUT2D eigenvalue weighted by Crippen LogP contribution is -2.21. The smallest absolute Gasteiger partial charge is 0.230 e. The molecule has 3 rings (SSSR count). The third-order valence-corrected chi connectivity index (χ3v) is 3.91. The molecule has 2 heterocycles. The van der Waals surface area contributed by atoms with Crippen LogP contribution in [0, 0.1) is 0 Å². The molecule has 0 atom stereocenters. The first kappa shape index (κ1) is 14.3. The van der Waals surface area contributed by atoms with Crippen LogP contribution >= 0.6 is 11.6 Å². The van der Waals surface area contributed by atoms with Crippen molar-refractivity contribution >= 4 is 17.5 Å². The molecular weight excluding hydrogens is 284 g/mol. The standard InChI is InChI=1S/C16H19ClN4/c1-2-5-12-6-8-13(9-7-12)14-18-15(17)20-16(19-14)21-10-3-4-11-21/h6-9H,2-5,10-11H2,1H3. The summed E-state index contributed by atoms with van der Waals surface area (Å²) in [6, 6.07) is 8.38. The highest BCUT2D eigenvalue weighted by Gasteiger charge is 2.17. The van der Waals surface area contributed by atoms with Gasteiger partial charge in [-0.1, -0.05) is 37.6 Å². The SMILES string of the molecule is CCCc1ccc(-c2nc(Cl)nc(N3CCCC3)n2)cc1. The van der Waals surface area contributed by atoms with Crippen molar-refractivity contribution in [1.82, 2.24) is 15.0 Å². The van der Waals surface area contributed by atoms with E-state index < -0.39 is 0 Å². The Morgan fingerprint density at radius 3 is 2.43 bits per heavy atom. The third kappa shape index (κ3) is 3.32. The lowest BCUT2D eigenvalue weighted by molar-refractivity contribution is 0.882. The van der Waals surface area contributed by atoms with Crippen molar-refractivity contribution in [3.05, 3.63) is 35.1 Å². The number of rotatable bonds is 4. The number of benzene rings is 1. The van der Waals surface area contributed by atoms with E-state index >= 15 is 0 Å². The molecule has 0 amide bonds. The summed E-state index contributed by atoms with van der Waals surface area (Å²) in [6.07, 6.45) is 4.61. The van der Waals surface area contributed by atoms with E-state index in [0.717, 1.165) is 31.5 Å². The Bertz CT molecular complexity index is 606. The van der Waals surface area contributed by atoms with Crippen molar-refractivity contribution in [3.63, 3.8) is 0 Å². The van der Waals surface area contributed by atoms with Gasteiger partial charge in [-0.3, -0.25) is 0 Å². The van der Waals surface area contributed by atoms with E-state index in [-0.39, 0.29) is 5.28 Å². The zero-order valence-electron chi connectivity index (χ0n) is 12.2. The first-order chi connectivity index (χ1) is 10.3. The highest BCUT2D eigenvalue weighted by molar-refractivity contribution is 6.28. The maximum Gasteiger partial charge on any atom is 0.230 e. The van der Waals surface area contributed by atoms with Gasteiger partial charge in [-0.2, -0.15) is 15.0 Å². The van der Waals surface area contributed by atoms with Crippen molar-refractivity contribution in [2.75, 3.05) is 18.0 Å². The Hall–Kier alpha value is -1.68. The van der Waals surface area contributed by atoms with Crippen LogP contribution in [0.5, 0.6) is 0 Å². The van der Waals surface area contributed by atoms with Gasteiger partial charge in [-0.15, -0.1) is 0 Å². The van der Waals surface area contributed by atoms with Gasteiger partial charge in [0.25, 0.3) is 0 Å². The topological polar surface area (TPSA) is 41.9 Å². The Morgan fingerprint density at radius 2 is 1.76 bits per heavy atom. The first-order valence-corrected chi connectivity index (χ1v) is 7.90. The van der Waals surface area contributed by atoms with Crippen LogP contribution in [-0.4, -0.2) is 28.0 Å². The van der Waals surface area contributed by atoms with Crippen molar-refractivity contribution < 1.29 is 0 Å². The molecule has 0 aliphatic carbocycles. The fourth-order valence-corrected chi connectivity index (χ4v) is 2.79. The van der Waals surface area contributed by atoms with Crippen LogP contribution in [0.1, 0.15) is 31.7 Å². The summed E-state index contributed by atoms with van der Waals surface area (Å²) in [5.74, 6) is 1.35. The number of hydrogen-bond donors (Lipinski definition) is 0. The van der Waals surface area contributed by atoms with E-state index in [1.807, 2.05) is 0 Å². The second-order valence-electron chi connectivity index (χ2n) is 5.37. The van der Waals surface area contributed by atoms with Crippen LogP contribution in [-0.2, 0) is 6.42 Å². The van der Waals surface area contributed by atoms with Gasteiger partial charge >= 0.3 is 0 Å². The first-order valence-electron chi connectivity index (χ1n) is 7.52. The fraction of sp³-hybridized carbons (Fsp3) is 0.438. The maximum absolute atomic E-state index is 6.07. The summed E-state index contributed by atoms with van der Waals surface area (Å²) in [5, 5.41) is 0.263. The fourth-order valence-electron chi connectivity index (χ4n) is 2.64. The molecule has 1 aliphatic rings. The Balaban J connectivity index is 1.90. The van der Waals surface area contributed by atoms with Crippen LogP contribution in [0.15, 0.2) is 24.3 Å². The molecule has 0 N–H and O–H groups in total. The number of aromatic nitrogens is 3. The lowest BCUT2D eigenvalue weighted by atomic mass is 10.1. The summed E-state index contributed by atoms with van der Waals surface area (Å²) in [4.78, 5) is 15.3. The van der Waals surface area contributed by atoms with E-state index in [1.165, 1.54) is 18.4 Å². The van der Waals surface area contributed by atoms with Crippen molar-refractivity contribution in [3.8, 4) is 11.4 Å². The van der Waals surface area contributed by atoms with E-state index in [4.69, 9.17) is 11.6 Å². The molecule has 0 unspecified atom stereocenters. The number of halogens is 1. The van der Waals surface area contributed by atoms with Crippen LogP contribution < -0.4 is 4.90 Å². The zero-order valence-corrected chi connectivity index (χ0v) is 13.0. The summed E-state index contributed by atoms with van der Waals surface area (Å²) < 4.78 is 0. The second kappa shape index (κ2) is 6.39. The summed E-state index contributed by atoms with van der Waals surface area (Å²) in [6.45, 7) is 4.17. The van der Waals surface area contributed by atoms with Crippen molar-refractivity contribution in [2.45, 2.75) is 32.6 Å². The molecule has 1 aliphatic heterocycles. The van der Waals surface area contributed by atoms with Gasteiger partial charge in [0.2, 0.25) is 11.2 Å². The normalized spacial score (nSPS) is 14.7. The van der Waals surface area contributed by atoms with Crippen LogP contribution in [0.3, 0.4) is 0 Å². The number of nitrogens with zero attached hydrogens (tertiary/aromatic N) is 4. The quantitative estimate of drug-likeness (QED) is 0.862. The molecule has 0 spiro atoms. The molecule has 21 heavy (non-hydrogen) atoms. The number of hydrogen-bond acceptors (Lipinski definition) is 4. The predicted octanol–water partition coefficient (Wildman–Crippen LogP) is 3.74. The highest BCUT2D eigenvalue weighted by Crippen LogP contribution is 2.22. The lowest BCUT2D eigenvalue weighted by Gasteiger charge is -2.15. The maximum atomic E-state index is 6.07. The molecule has 2 aromatic rings. The molecule has 110 valence electrons. The minimum absolute atomic E-state index is 0.263. The molecule has 0 radical (unpaired) electrons. The molecule has 0 saturated carbocycles. The average Bonchev–Trinajstić information content (AvgIpc) is 3.02. The van der Waals surface area contributed by atoms with Gasteiger partial charge in [0, 0.05) is 18.7 Å². The van der Waals surface area contributed by atoms with Crippen LogP contribution in [0.2, 0.25) is 5.28 Å². The molecule has 5 heteroatoms. The van der Waals surface area contributed by atoms with Gasteiger partial charge in [-0.25, -0.2) is 0 Å². The van der Waals surface area contributed by atoms with Gasteiger partial charge in [-0.05, 0) is 36.4 Å². The van der Waals surface area contributed by atoms with E-state index in [9.17, 15) is 0 Å². The largest absolute Gasteiger partial charge is 0.341 e. The van der Waals surface area contributed by atoms with E-state index in [1.54, 1.807) is 0 Å². The minimum atomic E-state index is 0.263. The van der Waals surface area contributed by atoms with Crippen molar-refractivity contribution in [2.24, 2.45) is 0 Å². The minimum Gasteiger partial charge on any atom is -0.341 e. The van der Waals surface area contributed by atoms with Gasteiger partial charge in [0.1, 0.15) is 0 Å². The molecule has 1 fully saturated rings. The molecule has 0 bridgehead atoms. The second-order valence-corrected chi connectivity index (χ2v) is 5.71. The van der Waals surface area contributed by atoms with Crippen molar-refractivity contribution in [1.29, 1.82) is 0 Å². The number of aryl methyl sites for hydroxylation is 1. The van der Waals surface area contributed by atoms with E-state index in [0.29, 0.717) is 11.8 Å². The van der Waals surface area contributed by atoms with Crippen LogP contribution in [0.4, 0.5) is 5.95 Å². The molecule has 1 saturated heterocycles. The third-order valence-electron chi connectivity index (χ3n) is 3.74. The Kier molecular flexibility index (Phi) is 4.34. The predicted molar refractivity (Wildman–Crippen MR) is 85.7 cm³/mol. The summed E-state index contributed by atoms with van der Waals surface area (Å²) in [5.41, 5.74) is 2.32. The van der Waals surface area contributed by atoms with Gasteiger partial charge in [0.05, 0.1) is 0 Å². The van der Waals surface area contributed by atoms with Gasteiger partial charge in [0.15, 0.2) is 5.82 Å². The number of anilines is 1. The monoisotopic (exact) mass is 302 g/mol. The molecule has 1 aromatic carbocycles. The van der Waals surface area contributed by atoms with Gasteiger partial charge < -0.3 is 4.90 Å². The summed E-state index contributed by atoms with van der Waals surface area (Å²) >= 11 is 6.07. The molecule has 1 aromatic heterocycles. The van der Waals surface area contributed by atoms with Crippen LogP contribution in [0.25, 0.3) is 11.4 Å². The van der Waals surface area contributed by atoms with E-state index in [2.05, 4.69) is 51.0 Å². The molecule has 4 nitrogen and oxygen atoms in total. The Morgan fingerprint density at radius 1 is 1.05 bits per heavy atom. The Labute approximate surface area is 130 Å². The highest BCUT2D eigenvalue weighted by atomic mass is 35.5. The zero-order chi connectivity index (χ0) is 14.7. The summed E-state index contributed by atoms with van der Waals surface area (Å²) in [7, 11) is 0. The molecular formula is C16H19ClN4. The average molecular weight is 303 g/mol.